The molecule has 2 atom stereocenters. The summed E-state index contributed by atoms with van der Waals surface area (Å²) in [6.07, 6.45) is 0. The second-order valence-corrected chi connectivity index (χ2v) is 3.96. The maximum Gasteiger partial charge on any atom is 0.322 e. The topological polar surface area (TPSA) is 32.3 Å². The van der Waals surface area contributed by atoms with Crippen LogP contribution >= 0.6 is 0 Å². The first-order chi connectivity index (χ1) is 6.34. The molecule has 1 rings (SSSR count). The van der Waals surface area contributed by atoms with Crippen LogP contribution in [-0.2, 0) is 4.79 Å². The number of hydrogen-bond acceptors (Lipinski definition) is 2. The lowest BCUT2D eigenvalue weighted by molar-refractivity contribution is -0.160. The van der Waals surface area contributed by atoms with E-state index in [2.05, 4.69) is 5.32 Å². The molecule has 5 heteroatoms. The molecule has 0 unspecified atom stereocenters. The monoisotopic (exact) mass is 206 g/mol. The van der Waals surface area contributed by atoms with Gasteiger partial charge in [-0.25, -0.2) is 0 Å². The molecule has 82 valence electrons. The number of carbonyl (C=O) groups excluding carboxylic acids is 1. The Morgan fingerprint density at radius 3 is 2.14 bits per heavy atom. The van der Waals surface area contributed by atoms with Gasteiger partial charge >= 0.3 is 5.92 Å². The van der Waals surface area contributed by atoms with Gasteiger partial charge in [-0.1, -0.05) is 0 Å². The number of rotatable bonds is 1. The molecule has 0 bridgehead atoms. The quantitative estimate of drug-likeness (QED) is 0.690. The fourth-order valence-corrected chi connectivity index (χ4v) is 1.76. The van der Waals surface area contributed by atoms with E-state index < -0.39 is 11.8 Å². The molecule has 1 amide bonds. The summed E-state index contributed by atoms with van der Waals surface area (Å²) in [7, 11) is 0. The van der Waals surface area contributed by atoms with Crippen LogP contribution in [0.2, 0.25) is 0 Å². The highest BCUT2D eigenvalue weighted by Crippen LogP contribution is 2.20. The van der Waals surface area contributed by atoms with Crippen molar-refractivity contribution < 1.29 is 13.6 Å². The number of amides is 1. The van der Waals surface area contributed by atoms with E-state index >= 15 is 0 Å². The molecular formula is C9H16F2N2O. The van der Waals surface area contributed by atoms with Crippen LogP contribution in [0.5, 0.6) is 0 Å². The van der Waals surface area contributed by atoms with Gasteiger partial charge < -0.3 is 10.2 Å². The third-order valence-electron chi connectivity index (χ3n) is 2.44. The fraction of sp³-hybridized carbons (Fsp3) is 0.889. The number of piperazine rings is 1. The smallest absolute Gasteiger partial charge is 0.322 e. The SMILES string of the molecule is C[C@@H]1CNC[C@H](C)N1C(=O)C(C)(F)F. The summed E-state index contributed by atoms with van der Waals surface area (Å²) < 4.78 is 25.7. The van der Waals surface area contributed by atoms with Crippen molar-refractivity contribution in [2.75, 3.05) is 13.1 Å². The molecule has 1 fully saturated rings. The number of hydrogen-bond donors (Lipinski definition) is 1. The molecular weight excluding hydrogens is 190 g/mol. The number of nitrogens with one attached hydrogen (secondary N) is 1. The van der Waals surface area contributed by atoms with Crippen molar-refractivity contribution in [1.82, 2.24) is 10.2 Å². The van der Waals surface area contributed by atoms with E-state index in [1.165, 1.54) is 4.90 Å². The standard InChI is InChI=1S/C9H16F2N2O/c1-6-4-12-5-7(2)13(6)8(14)9(3,10)11/h6-7,12H,4-5H2,1-3H3/t6-,7+. The molecule has 0 radical (unpaired) electrons. The first-order valence-corrected chi connectivity index (χ1v) is 4.75. The van der Waals surface area contributed by atoms with Gasteiger partial charge in [0.1, 0.15) is 0 Å². The van der Waals surface area contributed by atoms with Crippen LogP contribution in [0.3, 0.4) is 0 Å². The number of nitrogens with zero attached hydrogens (tertiary/aromatic N) is 1. The molecule has 1 aliphatic heterocycles. The largest absolute Gasteiger partial charge is 0.330 e. The number of alkyl halides is 2. The zero-order chi connectivity index (χ0) is 10.9. The van der Waals surface area contributed by atoms with Gasteiger partial charge in [-0.15, -0.1) is 0 Å². The molecule has 1 heterocycles. The van der Waals surface area contributed by atoms with Crippen molar-refractivity contribution in [3.8, 4) is 0 Å². The van der Waals surface area contributed by atoms with Crippen LogP contribution in [0.1, 0.15) is 20.8 Å². The Bertz CT molecular complexity index is 217. The van der Waals surface area contributed by atoms with Crippen molar-refractivity contribution >= 4 is 5.91 Å². The van der Waals surface area contributed by atoms with Crippen molar-refractivity contribution in [2.24, 2.45) is 0 Å². The molecule has 0 aromatic heterocycles. The lowest BCUT2D eigenvalue weighted by atomic mass is 10.1. The zero-order valence-corrected chi connectivity index (χ0v) is 8.68. The number of halogens is 2. The fourth-order valence-electron chi connectivity index (χ4n) is 1.76. The predicted octanol–water partition coefficient (Wildman–Crippen LogP) is 0.850. The lowest BCUT2D eigenvalue weighted by Gasteiger charge is -2.40. The van der Waals surface area contributed by atoms with E-state index in [0.717, 1.165) is 0 Å². The van der Waals surface area contributed by atoms with Crippen molar-refractivity contribution in [3.05, 3.63) is 0 Å². The second-order valence-electron chi connectivity index (χ2n) is 3.96. The van der Waals surface area contributed by atoms with Gasteiger partial charge in [0.15, 0.2) is 0 Å². The summed E-state index contributed by atoms with van der Waals surface area (Å²) in [5, 5.41) is 3.08. The zero-order valence-electron chi connectivity index (χ0n) is 8.68. The van der Waals surface area contributed by atoms with Crippen LogP contribution < -0.4 is 5.32 Å². The Morgan fingerprint density at radius 1 is 1.36 bits per heavy atom. The highest BCUT2D eigenvalue weighted by molar-refractivity contribution is 5.83. The Labute approximate surface area is 82.5 Å². The van der Waals surface area contributed by atoms with E-state index in [-0.39, 0.29) is 12.1 Å². The average Bonchev–Trinajstić information content (AvgIpc) is 2.01. The summed E-state index contributed by atoms with van der Waals surface area (Å²) in [5.74, 6) is -4.33. The molecule has 0 aliphatic carbocycles. The summed E-state index contributed by atoms with van der Waals surface area (Å²) in [4.78, 5) is 12.7. The summed E-state index contributed by atoms with van der Waals surface area (Å²) >= 11 is 0. The summed E-state index contributed by atoms with van der Waals surface area (Å²) in [5.41, 5.74) is 0. The average molecular weight is 206 g/mol. The van der Waals surface area contributed by atoms with E-state index in [0.29, 0.717) is 20.0 Å². The molecule has 1 saturated heterocycles. The molecule has 0 aromatic carbocycles. The van der Waals surface area contributed by atoms with E-state index in [4.69, 9.17) is 0 Å². The van der Waals surface area contributed by atoms with Gasteiger partial charge in [0.05, 0.1) is 0 Å². The Balaban J connectivity index is 2.78. The van der Waals surface area contributed by atoms with Gasteiger partial charge in [-0.3, -0.25) is 4.79 Å². The van der Waals surface area contributed by atoms with Gasteiger partial charge in [-0.2, -0.15) is 8.78 Å². The molecule has 0 saturated carbocycles. The predicted molar refractivity (Wildman–Crippen MR) is 49.3 cm³/mol. The van der Waals surface area contributed by atoms with E-state index in [1.54, 1.807) is 13.8 Å². The van der Waals surface area contributed by atoms with Gasteiger partial charge in [0.2, 0.25) is 0 Å². The van der Waals surface area contributed by atoms with Crippen LogP contribution in [0.15, 0.2) is 0 Å². The van der Waals surface area contributed by atoms with Crippen LogP contribution in [0.4, 0.5) is 8.78 Å². The molecule has 0 spiro atoms. The Kier molecular flexibility index (Phi) is 3.09. The molecule has 0 aromatic rings. The second kappa shape index (κ2) is 3.81. The number of carbonyl (C=O) groups is 1. The molecule has 3 nitrogen and oxygen atoms in total. The summed E-state index contributed by atoms with van der Waals surface area (Å²) in [6.45, 7) is 5.34. The molecule has 1 N–H and O–H groups in total. The lowest BCUT2D eigenvalue weighted by Crippen LogP contribution is -2.60. The van der Waals surface area contributed by atoms with Crippen LogP contribution in [0, 0.1) is 0 Å². The Morgan fingerprint density at radius 2 is 1.79 bits per heavy atom. The van der Waals surface area contributed by atoms with Gasteiger partial charge in [-0.05, 0) is 13.8 Å². The van der Waals surface area contributed by atoms with E-state index in [9.17, 15) is 13.6 Å². The maximum absolute atomic E-state index is 12.8. The van der Waals surface area contributed by atoms with Gasteiger partial charge in [0.25, 0.3) is 5.91 Å². The molecule has 1 aliphatic rings. The highest BCUT2D eigenvalue weighted by Gasteiger charge is 2.41. The minimum Gasteiger partial charge on any atom is -0.330 e. The van der Waals surface area contributed by atoms with Crippen LogP contribution in [0.25, 0.3) is 0 Å². The van der Waals surface area contributed by atoms with Crippen molar-refractivity contribution in [2.45, 2.75) is 38.8 Å². The summed E-state index contributed by atoms with van der Waals surface area (Å²) in [6, 6.07) is -0.339. The normalized spacial score (nSPS) is 29.1. The maximum atomic E-state index is 12.8. The third kappa shape index (κ3) is 2.20. The van der Waals surface area contributed by atoms with Crippen molar-refractivity contribution in [1.29, 1.82) is 0 Å². The first kappa shape index (κ1) is 11.4. The third-order valence-corrected chi connectivity index (χ3v) is 2.44. The van der Waals surface area contributed by atoms with Gasteiger partial charge in [0, 0.05) is 32.1 Å². The highest BCUT2D eigenvalue weighted by atomic mass is 19.3. The minimum absolute atomic E-state index is 0.169. The molecule has 14 heavy (non-hydrogen) atoms. The Hall–Kier alpha value is -0.710. The van der Waals surface area contributed by atoms with E-state index in [1.807, 2.05) is 0 Å². The van der Waals surface area contributed by atoms with Crippen LogP contribution in [-0.4, -0.2) is 41.9 Å². The minimum atomic E-state index is -3.26. The first-order valence-electron chi connectivity index (χ1n) is 4.75. The van der Waals surface area contributed by atoms with Crippen molar-refractivity contribution in [3.63, 3.8) is 0 Å².